The topological polar surface area (TPSA) is 27.3 Å². The molecule has 20 heavy (non-hydrogen) atoms. The lowest BCUT2D eigenvalue weighted by Gasteiger charge is -2.31. The van der Waals surface area contributed by atoms with Crippen molar-refractivity contribution >= 4 is 10.8 Å². The van der Waals surface area contributed by atoms with Crippen molar-refractivity contribution in [3.8, 4) is 0 Å². The van der Waals surface area contributed by atoms with Crippen LogP contribution >= 0.6 is 0 Å². The van der Waals surface area contributed by atoms with Crippen molar-refractivity contribution in [2.24, 2.45) is 0 Å². The summed E-state index contributed by atoms with van der Waals surface area (Å²) in [7, 11) is 2.19. The molecule has 2 aromatic carbocycles. The highest BCUT2D eigenvalue weighted by Crippen LogP contribution is 2.15. The Labute approximate surface area is 121 Å². The van der Waals surface area contributed by atoms with E-state index in [2.05, 4.69) is 65.0 Å². The number of rotatable bonds is 4. The smallest absolute Gasteiger partial charge is 0.0320 e. The van der Waals surface area contributed by atoms with Crippen LogP contribution in [-0.4, -0.2) is 44.2 Å². The van der Waals surface area contributed by atoms with Crippen molar-refractivity contribution in [2.45, 2.75) is 12.6 Å². The van der Waals surface area contributed by atoms with Gasteiger partial charge in [-0.25, -0.2) is 0 Å². The van der Waals surface area contributed by atoms with Gasteiger partial charge in [0.2, 0.25) is 0 Å². The molecule has 0 aliphatic carbocycles. The monoisotopic (exact) mass is 269 g/mol. The summed E-state index contributed by atoms with van der Waals surface area (Å²) in [4.78, 5) is 2.39. The minimum Gasteiger partial charge on any atom is -0.311 e. The van der Waals surface area contributed by atoms with Gasteiger partial charge in [0, 0.05) is 38.8 Å². The van der Waals surface area contributed by atoms with E-state index in [4.69, 9.17) is 0 Å². The summed E-state index contributed by atoms with van der Waals surface area (Å²) in [6.45, 7) is 5.34. The second-order valence-electron chi connectivity index (χ2n) is 5.73. The lowest BCUT2D eigenvalue weighted by molar-refractivity contribution is 0.235. The van der Waals surface area contributed by atoms with E-state index in [1.54, 1.807) is 0 Å². The van der Waals surface area contributed by atoms with E-state index in [1.165, 1.54) is 16.3 Å². The molecule has 0 radical (unpaired) electrons. The van der Waals surface area contributed by atoms with Gasteiger partial charge in [-0.1, -0.05) is 36.4 Å². The van der Waals surface area contributed by atoms with Gasteiger partial charge >= 0.3 is 0 Å². The van der Waals surface area contributed by atoms with Gasteiger partial charge in [-0.2, -0.15) is 0 Å². The minimum absolute atomic E-state index is 0.564. The van der Waals surface area contributed by atoms with Crippen LogP contribution in [-0.2, 0) is 6.54 Å². The number of fused-ring (bicyclic) bond motifs is 1. The third kappa shape index (κ3) is 3.37. The Balaban J connectivity index is 1.54. The third-order valence-corrected chi connectivity index (χ3v) is 3.99. The fourth-order valence-electron chi connectivity index (χ4n) is 2.87. The molecule has 0 saturated carbocycles. The largest absolute Gasteiger partial charge is 0.311 e. The molecule has 3 heteroatoms. The molecule has 1 aliphatic rings. The molecule has 0 spiro atoms. The summed E-state index contributed by atoms with van der Waals surface area (Å²) in [5, 5.41) is 9.76. The number of likely N-dealkylation sites (N-methyl/N-ethyl adjacent to an activating group) is 1. The van der Waals surface area contributed by atoms with Crippen molar-refractivity contribution in [2.75, 3.05) is 33.2 Å². The van der Waals surface area contributed by atoms with Crippen LogP contribution in [0.1, 0.15) is 5.56 Å². The Hall–Kier alpha value is -1.42. The zero-order chi connectivity index (χ0) is 13.8. The lowest BCUT2D eigenvalue weighted by atomic mass is 10.1. The predicted molar refractivity (Wildman–Crippen MR) is 84.9 cm³/mol. The lowest BCUT2D eigenvalue weighted by Crippen LogP contribution is -2.52. The zero-order valence-corrected chi connectivity index (χ0v) is 12.1. The third-order valence-electron chi connectivity index (χ3n) is 3.99. The quantitative estimate of drug-likeness (QED) is 0.887. The van der Waals surface area contributed by atoms with Crippen LogP contribution in [0, 0.1) is 0 Å². The summed E-state index contributed by atoms with van der Waals surface area (Å²) in [5.41, 5.74) is 1.35. The van der Waals surface area contributed by atoms with E-state index in [1.807, 2.05) is 0 Å². The Morgan fingerprint density at radius 2 is 2.05 bits per heavy atom. The maximum Gasteiger partial charge on any atom is 0.0320 e. The molecule has 1 heterocycles. The van der Waals surface area contributed by atoms with Crippen molar-refractivity contribution in [1.82, 2.24) is 15.5 Å². The van der Waals surface area contributed by atoms with Crippen LogP contribution in [0.5, 0.6) is 0 Å². The molecule has 3 nitrogen and oxygen atoms in total. The normalized spacial score (nSPS) is 20.4. The highest BCUT2D eigenvalue weighted by Gasteiger charge is 2.15. The summed E-state index contributed by atoms with van der Waals surface area (Å²) in [6, 6.07) is 15.8. The second-order valence-corrected chi connectivity index (χ2v) is 5.73. The van der Waals surface area contributed by atoms with E-state index in [0.717, 1.165) is 32.7 Å². The van der Waals surface area contributed by atoms with Crippen LogP contribution in [0.25, 0.3) is 10.8 Å². The fraction of sp³-hybridized carbons (Fsp3) is 0.412. The van der Waals surface area contributed by atoms with E-state index >= 15 is 0 Å². The standard InChI is InChI=1S/C17H23N3/c1-20-9-8-19-17(13-20)12-18-11-14-6-7-15-4-2-3-5-16(15)10-14/h2-7,10,17-19H,8-9,11-13H2,1H3. The van der Waals surface area contributed by atoms with Crippen molar-refractivity contribution in [3.05, 3.63) is 48.0 Å². The first-order valence-electron chi connectivity index (χ1n) is 7.41. The van der Waals surface area contributed by atoms with Crippen LogP contribution < -0.4 is 10.6 Å². The van der Waals surface area contributed by atoms with Gasteiger partial charge in [-0.05, 0) is 29.4 Å². The van der Waals surface area contributed by atoms with E-state index in [9.17, 15) is 0 Å². The molecule has 1 fully saturated rings. The van der Waals surface area contributed by atoms with Crippen LogP contribution in [0.4, 0.5) is 0 Å². The number of piperazine rings is 1. The Morgan fingerprint density at radius 3 is 2.90 bits per heavy atom. The highest BCUT2D eigenvalue weighted by atomic mass is 15.2. The molecular formula is C17H23N3. The number of hydrogen-bond acceptors (Lipinski definition) is 3. The number of nitrogens with one attached hydrogen (secondary N) is 2. The summed E-state index contributed by atoms with van der Waals surface area (Å²) in [5.74, 6) is 0. The van der Waals surface area contributed by atoms with Gasteiger partial charge in [0.25, 0.3) is 0 Å². The van der Waals surface area contributed by atoms with Crippen LogP contribution in [0.15, 0.2) is 42.5 Å². The molecule has 1 aliphatic heterocycles. The fourth-order valence-corrected chi connectivity index (χ4v) is 2.87. The van der Waals surface area contributed by atoms with Crippen LogP contribution in [0.3, 0.4) is 0 Å². The SMILES string of the molecule is CN1CCNC(CNCc2ccc3ccccc3c2)C1. The summed E-state index contributed by atoms with van der Waals surface area (Å²) in [6.07, 6.45) is 0. The molecule has 1 unspecified atom stereocenters. The van der Waals surface area contributed by atoms with Gasteiger partial charge in [-0.15, -0.1) is 0 Å². The molecule has 1 saturated heterocycles. The van der Waals surface area contributed by atoms with Gasteiger partial charge in [-0.3, -0.25) is 0 Å². The predicted octanol–water partition coefficient (Wildman–Crippen LogP) is 1.83. The number of hydrogen-bond donors (Lipinski definition) is 2. The van der Waals surface area contributed by atoms with Crippen molar-refractivity contribution in [1.29, 1.82) is 0 Å². The first-order chi connectivity index (χ1) is 9.81. The minimum atomic E-state index is 0.564. The number of benzene rings is 2. The molecule has 3 rings (SSSR count). The van der Waals surface area contributed by atoms with Gasteiger partial charge < -0.3 is 15.5 Å². The maximum absolute atomic E-state index is 3.57. The second kappa shape index (κ2) is 6.35. The van der Waals surface area contributed by atoms with Gasteiger partial charge in [0.1, 0.15) is 0 Å². The Bertz CT molecular complexity index is 567. The van der Waals surface area contributed by atoms with Crippen molar-refractivity contribution < 1.29 is 0 Å². The average Bonchev–Trinajstić information content (AvgIpc) is 2.47. The van der Waals surface area contributed by atoms with Gasteiger partial charge in [0.05, 0.1) is 0 Å². The Morgan fingerprint density at radius 1 is 1.20 bits per heavy atom. The number of nitrogens with zero attached hydrogens (tertiary/aromatic N) is 1. The molecule has 1 atom stereocenters. The molecular weight excluding hydrogens is 246 g/mol. The van der Waals surface area contributed by atoms with Gasteiger partial charge in [0.15, 0.2) is 0 Å². The molecule has 0 aromatic heterocycles. The highest BCUT2D eigenvalue weighted by molar-refractivity contribution is 5.82. The zero-order valence-electron chi connectivity index (χ0n) is 12.1. The van der Waals surface area contributed by atoms with E-state index < -0.39 is 0 Å². The van der Waals surface area contributed by atoms with Crippen molar-refractivity contribution in [3.63, 3.8) is 0 Å². The maximum atomic E-state index is 3.57. The molecule has 106 valence electrons. The average molecular weight is 269 g/mol. The molecule has 0 bridgehead atoms. The van der Waals surface area contributed by atoms with Crippen LogP contribution in [0.2, 0.25) is 0 Å². The Kier molecular flexibility index (Phi) is 4.31. The van der Waals surface area contributed by atoms with E-state index in [0.29, 0.717) is 6.04 Å². The molecule has 2 aromatic rings. The first kappa shape index (κ1) is 13.6. The molecule has 0 amide bonds. The summed E-state index contributed by atoms with van der Waals surface area (Å²) >= 11 is 0. The van der Waals surface area contributed by atoms with E-state index in [-0.39, 0.29) is 0 Å². The first-order valence-corrected chi connectivity index (χ1v) is 7.41. The summed E-state index contributed by atoms with van der Waals surface area (Å²) < 4.78 is 0. The molecule has 2 N–H and O–H groups in total.